The van der Waals surface area contributed by atoms with Crippen LogP contribution in [0.3, 0.4) is 0 Å². The van der Waals surface area contributed by atoms with Gasteiger partial charge in [0, 0.05) is 33.6 Å². The minimum absolute atomic E-state index is 0.0933. The van der Waals surface area contributed by atoms with E-state index in [-0.39, 0.29) is 16.4 Å². The van der Waals surface area contributed by atoms with Gasteiger partial charge in [-0.15, -0.1) is 0 Å². The lowest BCUT2D eigenvalue weighted by Gasteiger charge is -2.16. The van der Waals surface area contributed by atoms with Gasteiger partial charge < -0.3 is 19.6 Å². The van der Waals surface area contributed by atoms with Crippen molar-refractivity contribution < 1.29 is 9.90 Å². The summed E-state index contributed by atoms with van der Waals surface area (Å²) < 4.78 is 2.01. The van der Waals surface area contributed by atoms with Crippen LogP contribution in [0.4, 0.5) is 0 Å². The van der Waals surface area contributed by atoms with Gasteiger partial charge in [0.25, 0.3) is 0 Å². The number of hydrogen-bond acceptors (Lipinski definition) is 4. The number of aromatic nitrogens is 2. The Labute approximate surface area is 326 Å². The van der Waals surface area contributed by atoms with E-state index >= 15 is 0 Å². The predicted molar refractivity (Wildman–Crippen MR) is 232 cm³/mol. The average molecular weight is 744 g/mol. The second-order valence-corrected chi connectivity index (χ2v) is 15.5. The second kappa shape index (κ2) is 21.4. The molecule has 0 amide bonds. The van der Waals surface area contributed by atoms with Crippen molar-refractivity contribution in [3.05, 3.63) is 117 Å². The molecule has 0 aliphatic heterocycles. The maximum absolute atomic E-state index is 13.4. The summed E-state index contributed by atoms with van der Waals surface area (Å²) in [5.74, 6) is -0.983. The molecule has 6 aromatic rings. The maximum atomic E-state index is 13.4. The summed E-state index contributed by atoms with van der Waals surface area (Å²) in [6.45, 7) is 3.97. The van der Waals surface area contributed by atoms with Crippen LogP contribution in [0.1, 0.15) is 126 Å². The van der Waals surface area contributed by atoms with Crippen LogP contribution < -0.4 is 10.9 Å². The Balaban J connectivity index is 0.000000240. The SMILES string of the molecule is CCCCCCCCCCCCCCCCCCN(C)C.O=C(O)c1ccc(Cn2c3ccccc3c(=O)c3cc4[nH]c5ccccc5c(=O)c4cc32)cc1. The van der Waals surface area contributed by atoms with Gasteiger partial charge in [-0.1, -0.05) is 140 Å². The van der Waals surface area contributed by atoms with Crippen LogP contribution in [0.5, 0.6) is 0 Å². The molecule has 4 aromatic carbocycles. The third kappa shape index (κ3) is 11.6. The monoisotopic (exact) mass is 743 g/mol. The number of carboxylic acid groups (broad SMARTS) is 1. The van der Waals surface area contributed by atoms with Crippen LogP contribution in [-0.4, -0.2) is 46.2 Å². The number of rotatable bonds is 20. The number of aromatic amines is 1. The Morgan fingerprint density at radius 2 is 1.11 bits per heavy atom. The highest BCUT2D eigenvalue weighted by Gasteiger charge is 2.15. The predicted octanol–water partition coefficient (Wildman–Crippen LogP) is 11.7. The quantitative estimate of drug-likeness (QED) is 0.0599. The molecule has 0 fully saturated rings. The van der Waals surface area contributed by atoms with E-state index in [4.69, 9.17) is 0 Å². The highest BCUT2D eigenvalue weighted by molar-refractivity contribution is 6.03. The number of pyridine rings is 2. The highest BCUT2D eigenvalue weighted by Crippen LogP contribution is 2.25. The van der Waals surface area contributed by atoms with E-state index < -0.39 is 5.97 Å². The van der Waals surface area contributed by atoms with Crippen LogP contribution in [0.25, 0.3) is 43.6 Å². The Kier molecular flexibility index (Phi) is 16.1. The first-order valence-electron chi connectivity index (χ1n) is 20.8. The molecular weight excluding hydrogens is 683 g/mol. The summed E-state index contributed by atoms with van der Waals surface area (Å²) >= 11 is 0. The average Bonchev–Trinajstić information content (AvgIpc) is 3.19. The summed E-state index contributed by atoms with van der Waals surface area (Å²) in [5.41, 5.74) is 3.64. The number of aromatic carboxylic acids is 1. The van der Waals surface area contributed by atoms with Gasteiger partial charge in [-0.2, -0.15) is 0 Å². The van der Waals surface area contributed by atoms with Crippen LogP contribution >= 0.6 is 0 Å². The molecule has 7 nitrogen and oxygen atoms in total. The van der Waals surface area contributed by atoms with E-state index in [2.05, 4.69) is 30.9 Å². The molecule has 0 atom stereocenters. The molecule has 0 aliphatic rings. The molecule has 2 N–H and O–H groups in total. The van der Waals surface area contributed by atoms with E-state index in [0.29, 0.717) is 39.1 Å². The van der Waals surface area contributed by atoms with Crippen molar-refractivity contribution in [1.82, 2.24) is 14.5 Å². The van der Waals surface area contributed by atoms with E-state index in [1.807, 2.05) is 41.0 Å². The Bertz CT molecular complexity index is 2250. The molecule has 0 radical (unpaired) electrons. The normalized spacial score (nSPS) is 11.5. The summed E-state index contributed by atoms with van der Waals surface area (Å²) in [5, 5.41) is 11.4. The number of unbranched alkanes of at least 4 members (excludes halogenated alkanes) is 15. The van der Waals surface area contributed by atoms with Gasteiger partial charge in [0.1, 0.15) is 0 Å². The number of nitrogens with zero attached hydrogens (tertiary/aromatic N) is 2. The Hall–Kier alpha value is -4.75. The smallest absolute Gasteiger partial charge is 0.335 e. The van der Waals surface area contributed by atoms with Crippen molar-refractivity contribution >= 4 is 49.6 Å². The van der Waals surface area contributed by atoms with Gasteiger partial charge in [-0.05, 0) is 81.2 Å². The molecule has 292 valence electrons. The van der Waals surface area contributed by atoms with Crippen molar-refractivity contribution in [2.75, 3.05) is 20.6 Å². The van der Waals surface area contributed by atoms with Crippen LogP contribution in [-0.2, 0) is 6.54 Å². The van der Waals surface area contributed by atoms with Crippen molar-refractivity contribution in [3.63, 3.8) is 0 Å². The van der Waals surface area contributed by atoms with E-state index in [1.165, 1.54) is 109 Å². The van der Waals surface area contributed by atoms with E-state index in [1.54, 1.807) is 48.5 Å². The lowest BCUT2D eigenvalue weighted by Crippen LogP contribution is -2.14. The molecular formula is C48H61N3O4. The first-order valence-corrected chi connectivity index (χ1v) is 20.8. The van der Waals surface area contributed by atoms with E-state index in [9.17, 15) is 19.5 Å². The highest BCUT2D eigenvalue weighted by atomic mass is 16.4. The van der Waals surface area contributed by atoms with Crippen molar-refractivity contribution in [2.45, 2.75) is 116 Å². The van der Waals surface area contributed by atoms with Crippen LogP contribution in [0.15, 0.2) is 94.5 Å². The molecule has 2 heterocycles. The molecule has 55 heavy (non-hydrogen) atoms. The lowest BCUT2D eigenvalue weighted by molar-refractivity contribution is 0.0697. The first kappa shape index (κ1) is 41.4. The zero-order valence-corrected chi connectivity index (χ0v) is 33.4. The molecule has 0 spiro atoms. The minimum atomic E-state index is -0.983. The van der Waals surface area contributed by atoms with Crippen LogP contribution in [0.2, 0.25) is 0 Å². The maximum Gasteiger partial charge on any atom is 0.335 e. The molecule has 0 saturated carbocycles. The van der Waals surface area contributed by atoms with Gasteiger partial charge in [-0.3, -0.25) is 9.59 Å². The molecule has 0 bridgehead atoms. The van der Waals surface area contributed by atoms with Gasteiger partial charge >= 0.3 is 5.97 Å². The molecule has 6 rings (SSSR count). The standard InChI is InChI=1S/C28H18N2O4.C20H43N/c31-26-18-5-1-3-7-22(18)29-23-13-21-25(14-20(23)26)30(24-8-4-2-6-19(24)27(21)32)15-16-9-11-17(12-10-16)28(33)34;1-4-5-6-7-8-9-10-11-12-13-14-15-16-17-18-19-20-21(2)3/h1-14H,15H2,(H,29,31)(H,33,34);4-20H2,1-3H3. The van der Waals surface area contributed by atoms with Gasteiger partial charge in [0.15, 0.2) is 10.9 Å². The van der Waals surface area contributed by atoms with Crippen LogP contribution in [0, 0.1) is 0 Å². The number of nitrogens with one attached hydrogen (secondary N) is 1. The molecule has 2 aromatic heterocycles. The van der Waals surface area contributed by atoms with Gasteiger partial charge in [-0.25, -0.2) is 4.79 Å². The molecule has 0 saturated heterocycles. The number of fused-ring (bicyclic) bond motifs is 4. The van der Waals surface area contributed by atoms with E-state index in [0.717, 1.165) is 16.6 Å². The largest absolute Gasteiger partial charge is 0.478 e. The first-order chi connectivity index (χ1) is 26.8. The summed E-state index contributed by atoms with van der Waals surface area (Å²) in [7, 11) is 4.34. The minimum Gasteiger partial charge on any atom is -0.478 e. The fraction of sp³-hybridized carbons (Fsp3) is 0.438. The van der Waals surface area contributed by atoms with Gasteiger partial charge in [0.05, 0.1) is 22.1 Å². The number of benzene rings is 4. The number of hydrogen-bond donors (Lipinski definition) is 2. The third-order valence-corrected chi connectivity index (χ3v) is 10.8. The second-order valence-electron chi connectivity index (χ2n) is 15.5. The molecule has 0 unspecified atom stereocenters. The Morgan fingerprint density at radius 3 is 1.69 bits per heavy atom. The van der Waals surface area contributed by atoms with Crippen molar-refractivity contribution in [2.24, 2.45) is 0 Å². The fourth-order valence-electron chi connectivity index (χ4n) is 7.62. The lowest BCUT2D eigenvalue weighted by atomic mass is 10.0. The molecule has 7 heteroatoms. The molecule has 0 aliphatic carbocycles. The van der Waals surface area contributed by atoms with Crippen molar-refractivity contribution in [3.8, 4) is 0 Å². The zero-order chi connectivity index (χ0) is 39.0. The van der Waals surface area contributed by atoms with Crippen molar-refractivity contribution in [1.29, 1.82) is 0 Å². The third-order valence-electron chi connectivity index (χ3n) is 10.8. The summed E-state index contributed by atoms with van der Waals surface area (Å²) in [6.07, 6.45) is 23.3. The number of carboxylic acids is 1. The number of para-hydroxylation sites is 2. The summed E-state index contributed by atoms with van der Waals surface area (Å²) in [4.78, 5) is 43.6. The zero-order valence-electron chi connectivity index (χ0n) is 33.4. The number of carbonyl (C=O) groups is 1. The summed E-state index contributed by atoms with van der Waals surface area (Å²) in [6, 6.07) is 24.9. The topological polar surface area (TPSA) is 95.4 Å². The number of H-pyrrole nitrogens is 1. The fourth-order valence-corrected chi connectivity index (χ4v) is 7.62. The van der Waals surface area contributed by atoms with Gasteiger partial charge in [0.2, 0.25) is 0 Å². The Morgan fingerprint density at radius 1 is 0.582 bits per heavy atom.